The highest BCUT2D eigenvalue weighted by Crippen LogP contribution is 2.26. The summed E-state index contributed by atoms with van der Waals surface area (Å²) in [6.07, 6.45) is 0.738. The number of Topliss-reactive ketones (excluding diaryl/α,β-unsaturated/α-hetero) is 2. The topological polar surface area (TPSA) is 34.1 Å². The summed E-state index contributed by atoms with van der Waals surface area (Å²) in [7, 11) is 0. The van der Waals surface area contributed by atoms with Crippen LogP contribution in [0, 0.1) is 17.8 Å². The molecule has 1 saturated carbocycles. The standard InChI is InChI=1S/C9H14O2/c1-5-4-6(2)9(11)7(3)8(5)10/h5-7H,4H2,1-3H3/t5-,6+,7?. The maximum Gasteiger partial charge on any atom is 0.145 e. The molecule has 1 aliphatic rings. The van der Waals surface area contributed by atoms with Gasteiger partial charge in [0.2, 0.25) is 0 Å². The van der Waals surface area contributed by atoms with Gasteiger partial charge in [-0.05, 0) is 13.3 Å². The molecule has 0 amide bonds. The van der Waals surface area contributed by atoms with Gasteiger partial charge in [0.15, 0.2) is 0 Å². The minimum atomic E-state index is -0.353. The summed E-state index contributed by atoms with van der Waals surface area (Å²) in [6, 6.07) is 0. The van der Waals surface area contributed by atoms with Crippen molar-refractivity contribution >= 4 is 11.6 Å². The molecule has 0 aromatic rings. The normalized spacial score (nSPS) is 39.4. The fraction of sp³-hybridized carbons (Fsp3) is 0.778. The number of carbonyl (C=O) groups excluding carboxylic acids is 2. The molecular weight excluding hydrogens is 140 g/mol. The molecule has 1 unspecified atom stereocenters. The fourth-order valence-corrected chi connectivity index (χ4v) is 1.76. The Bertz CT molecular complexity index is 176. The minimum absolute atomic E-state index is 0.0812. The average molecular weight is 154 g/mol. The van der Waals surface area contributed by atoms with Crippen LogP contribution in [0.25, 0.3) is 0 Å². The minimum Gasteiger partial charge on any atom is -0.299 e. The van der Waals surface area contributed by atoms with Crippen LogP contribution in [0.5, 0.6) is 0 Å². The van der Waals surface area contributed by atoms with E-state index < -0.39 is 0 Å². The first-order chi connectivity index (χ1) is 5.04. The van der Waals surface area contributed by atoms with Gasteiger partial charge in [-0.2, -0.15) is 0 Å². The van der Waals surface area contributed by atoms with E-state index in [1.54, 1.807) is 6.92 Å². The van der Waals surface area contributed by atoms with E-state index in [9.17, 15) is 9.59 Å². The van der Waals surface area contributed by atoms with Crippen molar-refractivity contribution in [3.63, 3.8) is 0 Å². The number of rotatable bonds is 0. The fourth-order valence-electron chi connectivity index (χ4n) is 1.76. The molecule has 1 fully saturated rings. The van der Waals surface area contributed by atoms with Crippen LogP contribution >= 0.6 is 0 Å². The summed E-state index contributed by atoms with van der Waals surface area (Å²) in [5.74, 6) is 0.0466. The van der Waals surface area contributed by atoms with Gasteiger partial charge in [0.05, 0.1) is 5.92 Å². The van der Waals surface area contributed by atoms with E-state index in [1.807, 2.05) is 13.8 Å². The molecule has 0 radical (unpaired) electrons. The third-order valence-corrected chi connectivity index (χ3v) is 2.53. The summed E-state index contributed by atoms with van der Waals surface area (Å²) in [6.45, 7) is 5.53. The zero-order valence-corrected chi connectivity index (χ0v) is 7.26. The first kappa shape index (κ1) is 8.44. The van der Waals surface area contributed by atoms with Crippen LogP contribution in [0.3, 0.4) is 0 Å². The number of carbonyl (C=O) groups is 2. The van der Waals surface area contributed by atoms with Crippen molar-refractivity contribution < 1.29 is 9.59 Å². The van der Waals surface area contributed by atoms with E-state index in [0.29, 0.717) is 0 Å². The summed E-state index contributed by atoms with van der Waals surface area (Å²) in [5.41, 5.74) is 0. The predicted octanol–water partition coefficient (Wildman–Crippen LogP) is 1.44. The third-order valence-electron chi connectivity index (χ3n) is 2.53. The van der Waals surface area contributed by atoms with Crippen LogP contribution in [0.1, 0.15) is 27.2 Å². The van der Waals surface area contributed by atoms with Crippen molar-refractivity contribution in [2.45, 2.75) is 27.2 Å². The van der Waals surface area contributed by atoms with Crippen molar-refractivity contribution in [2.24, 2.45) is 17.8 Å². The van der Waals surface area contributed by atoms with E-state index >= 15 is 0 Å². The molecule has 0 aromatic heterocycles. The Morgan fingerprint density at radius 2 is 1.36 bits per heavy atom. The second-order valence-corrected chi connectivity index (χ2v) is 3.56. The van der Waals surface area contributed by atoms with Crippen LogP contribution in [-0.4, -0.2) is 11.6 Å². The second kappa shape index (κ2) is 2.76. The van der Waals surface area contributed by atoms with Gasteiger partial charge in [0.1, 0.15) is 11.6 Å². The molecule has 0 N–H and O–H groups in total. The van der Waals surface area contributed by atoms with E-state index in [4.69, 9.17) is 0 Å². The van der Waals surface area contributed by atoms with Crippen LogP contribution in [0.4, 0.5) is 0 Å². The monoisotopic (exact) mass is 154 g/mol. The molecule has 0 heterocycles. The molecule has 2 heteroatoms. The molecule has 62 valence electrons. The Morgan fingerprint density at radius 3 is 1.73 bits per heavy atom. The largest absolute Gasteiger partial charge is 0.299 e. The lowest BCUT2D eigenvalue weighted by molar-refractivity contribution is -0.140. The average Bonchev–Trinajstić information content (AvgIpc) is 1.97. The Kier molecular flexibility index (Phi) is 2.12. The van der Waals surface area contributed by atoms with Crippen molar-refractivity contribution in [2.75, 3.05) is 0 Å². The maximum absolute atomic E-state index is 11.3. The third kappa shape index (κ3) is 1.35. The number of hydrogen-bond acceptors (Lipinski definition) is 2. The molecular formula is C9H14O2. The second-order valence-electron chi connectivity index (χ2n) is 3.56. The molecule has 11 heavy (non-hydrogen) atoms. The quantitative estimate of drug-likeness (QED) is 0.495. The number of hydrogen-bond donors (Lipinski definition) is 0. The van der Waals surface area contributed by atoms with Crippen LogP contribution in [-0.2, 0) is 9.59 Å². The molecule has 1 aliphatic carbocycles. The Hall–Kier alpha value is -0.660. The van der Waals surface area contributed by atoms with Gasteiger partial charge in [-0.15, -0.1) is 0 Å². The van der Waals surface area contributed by atoms with Crippen LogP contribution in [0.2, 0.25) is 0 Å². The Morgan fingerprint density at radius 1 is 1.00 bits per heavy atom. The summed E-state index contributed by atoms with van der Waals surface area (Å²) < 4.78 is 0. The molecule has 0 saturated heterocycles. The Balaban J connectivity index is 2.79. The smallest absolute Gasteiger partial charge is 0.145 e. The van der Waals surface area contributed by atoms with Gasteiger partial charge >= 0.3 is 0 Å². The van der Waals surface area contributed by atoms with E-state index in [2.05, 4.69) is 0 Å². The zero-order chi connectivity index (χ0) is 8.59. The zero-order valence-electron chi connectivity index (χ0n) is 7.26. The van der Waals surface area contributed by atoms with Crippen molar-refractivity contribution in [3.05, 3.63) is 0 Å². The first-order valence-corrected chi connectivity index (χ1v) is 4.11. The van der Waals surface area contributed by atoms with Gasteiger partial charge in [-0.3, -0.25) is 9.59 Å². The van der Waals surface area contributed by atoms with E-state index in [0.717, 1.165) is 6.42 Å². The maximum atomic E-state index is 11.3. The van der Waals surface area contributed by atoms with Crippen molar-refractivity contribution in [1.29, 1.82) is 0 Å². The highest BCUT2D eigenvalue weighted by Gasteiger charge is 2.35. The summed E-state index contributed by atoms with van der Waals surface area (Å²) in [4.78, 5) is 22.5. The molecule has 0 aromatic carbocycles. The van der Waals surface area contributed by atoms with Crippen LogP contribution in [0.15, 0.2) is 0 Å². The van der Waals surface area contributed by atoms with Crippen LogP contribution < -0.4 is 0 Å². The summed E-state index contributed by atoms with van der Waals surface area (Å²) >= 11 is 0. The lowest BCUT2D eigenvalue weighted by atomic mass is 9.75. The molecule has 0 aliphatic heterocycles. The van der Waals surface area contributed by atoms with Gasteiger partial charge in [0.25, 0.3) is 0 Å². The van der Waals surface area contributed by atoms with E-state index in [-0.39, 0.29) is 29.3 Å². The molecule has 0 spiro atoms. The van der Waals surface area contributed by atoms with Gasteiger partial charge in [0, 0.05) is 11.8 Å². The molecule has 2 nitrogen and oxygen atoms in total. The lowest BCUT2D eigenvalue weighted by Gasteiger charge is -2.26. The van der Waals surface area contributed by atoms with Crippen molar-refractivity contribution in [3.8, 4) is 0 Å². The number of ketones is 2. The van der Waals surface area contributed by atoms with Gasteiger partial charge < -0.3 is 0 Å². The van der Waals surface area contributed by atoms with E-state index in [1.165, 1.54) is 0 Å². The SMILES string of the molecule is CC1C(=O)[C@H](C)C[C@H](C)C1=O. The van der Waals surface area contributed by atoms with Gasteiger partial charge in [-0.1, -0.05) is 13.8 Å². The highest BCUT2D eigenvalue weighted by molar-refractivity contribution is 6.05. The lowest BCUT2D eigenvalue weighted by Crippen LogP contribution is -2.37. The molecule has 3 atom stereocenters. The highest BCUT2D eigenvalue weighted by atomic mass is 16.2. The Labute approximate surface area is 67.0 Å². The summed E-state index contributed by atoms with van der Waals surface area (Å²) in [5, 5.41) is 0. The molecule has 0 bridgehead atoms. The van der Waals surface area contributed by atoms with Gasteiger partial charge in [-0.25, -0.2) is 0 Å². The van der Waals surface area contributed by atoms with Crippen molar-refractivity contribution in [1.82, 2.24) is 0 Å². The molecule has 1 rings (SSSR count). The first-order valence-electron chi connectivity index (χ1n) is 4.11. The predicted molar refractivity (Wildman–Crippen MR) is 42.1 cm³/mol.